The first-order valence-corrected chi connectivity index (χ1v) is 11.3. The fraction of sp³-hybridized carbons (Fsp3) is 0.211. The number of aliphatic hydroxyl groups excluding tert-OH is 1. The zero-order chi connectivity index (χ0) is 23.2. The van der Waals surface area contributed by atoms with E-state index in [0.29, 0.717) is 36.6 Å². The molecule has 1 unspecified atom stereocenters. The van der Waals surface area contributed by atoms with Crippen molar-refractivity contribution in [1.82, 2.24) is 15.2 Å². The molecule has 0 saturated carbocycles. The van der Waals surface area contributed by atoms with E-state index in [1.807, 2.05) is 4.90 Å². The Morgan fingerprint density at radius 2 is 1.88 bits per heavy atom. The van der Waals surface area contributed by atoms with Crippen molar-refractivity contribution in [3.63, 3.8) is 0 Å². The maximum atomic E-state index is 12.9. The molecule has 0 spiro atoms. The molecule has 0 aliphatic carbocycles. The largest absolute Gasteiger partial charge is 0.391 e. The molecule has 32 heavy (non-hydrogen) atoms. The van der Waals surface area contributed by atoms with Gasteiger partial charge in [0.05, 0.1) is 17.4 Å². The van der Waals surface area contributed by atoms with Crippen LogP contribution in [0.25, 0.3) is 11.3 Å². The molecule has 4 rings (SSSR count). The Hall–Kier alpha value is -3.19. The van der Waals surface area contributed by atoms with Crippen LogP contribution in [0.1, 0.15) is 16.8 Å². The lowest BCUT2D eigenvalue weighted by molar-refractivity contribution is 0.102. The number of halogens is 5. The van der Waals surface area contributed by atoms with Gasteiger partial charge in [-0.05, 0) is 42.8 Å². The fourth-order valence-electron chi connectivity index (χ4n) is 3.37. The number of benzene rings is 1. The van der Waals surface area contributed by atoms with Crippen molar-refractivity contribution >= 4 is 27.6 Å². The van der Waals surface area contributed by atoms with Crippen LogP contribution in [0.4, 0.5) is 30.9 Å². The van der Waals surface area contributed by atoms with Crippen LogP contribution in [0.15, 0.2) is 53.7 Å². The first kappa shape index (κ1) is 22.0. The van der Waals surface area contributed by atoms with Crippen LogP contribution in [0.2, 0.25) is 0 Å². The topological polar surface area (TPSA) is 94.1 Å². The number of nitrogens with zero attached hydrogens (tertiary/aromatic N) is 3. The molecule has 1 atom stereocenters. The molecule has 3 heterocycles. The van der Waals surface area contributed by atoms with Crippen molar-refractivity contribution in [3.8, 4) is 11.3 Å². The smallest absolute Gasteiger partial charge is 0.310 e. The van der Waals surface area contributed by atoms with Crippen LogP contribution < -0.4 is 10.2 Å². The minimum atomic E-state index is -9.79. The minimum absolute atomic E-state index is 0.0876. The van der Waals surface area contributed by atoms with E-state index in [0.717, 1.165) is 12.1 Å². The molecule has 2 aromatic heterocycles. The van der Waals surface area contributed by atoms with Gasteiger partial charge in [0.1, 0.15) is 10.7 Å². The third kappa shape index (κ3) is 4.67. The monoisotopic (exact) mass is 475 g/mol. The second-order valence-corrected chi connectivity index (χ2v) is 9.81. The average Bonchev–Trinajstić information content (AvgIpc) is 3.38. The summed E-state index contributed by atoms with van der Waals surface area (Å²) < 4.78 is 64.3. The van der Waals surface area contributed by atoms with Gasteiger partial charge in [0.15, 0.2) is 0 Å². The normalized spacial score (nSPS) is 18.8. The van der Waals surface area contributed by atoms with Gasteiger partial charge in [0.25, 0.3) is 5.91 Å². The van der Waals surface area contributed by atoms with E-state index < -0.39 is 27.1 Å². The van der Waals surface area contributed by atoms with Crippen LogP contribution >= 0.6 is 10.2 Å². The number of carbonyl (C=O) groups is 1. The van der Waals surface area contributed by atoms with E-state index in [1.54, 1.807) is 6.07 Å². The number of aromatic nitrogens is 3. The van der Waals surface area contributed by atoms with Gasteiger partial charge >= 0.3 is 10.2 Å². The predicted octanol–water partition coefficient (Wildman–Crippen LogP) is 4.95. The van der Waals surface area contributed by atoms with Gasteiger partial charge in [-0.2, -0.15) is 5.10 Å². The molecule has 0 bridgehead atoms. The lowest BCUT2D eigenvalue weighted by atomic mass is 10.1. The maximum Gasteiger partial charge on any atom is 0.310 e. The van der Waals surface area contributed by atoms with Crippen LogP contribution in [0, 0.1) is 0 Å². The zero-order valence-electron chi connectivity index (χ0n) is 16.3. The molecule has 1 amide bonds. The number of β-amino-alcohol motifs (C(OH)–C–C–N with tert-alkyl or cyclic N) is 1. The van der Waals surface area contributed by atoms with Crippen LogP contribution in [0.5, 0.6) is 0 Å². The highest BCUT2D eigenvalue weighted by molar-refractivity contribution is 8.45. The lowest BCUT2D eigenvalue weighted by Crippen LogP contribution is -2.23. The number of hydrogen-bond acceptors (Lipinski definition) is 5. The Morgan fingerprint density at radius 1 is 1.16 bits per heavy atom. The van der Waals surface area contributed by atoms with Gasteiger partial charge < -0.3 is 15.3 Å². The summed E-state index contributed by atoms with van der Waals surface area (Å²) in [7, 11) is -9.79. The van der Waals surface area contributed by atoms with Gasteiger partial charge in [0.2, 0.25) is 0 Å². The zero-order valence-corrected chi connectivity index (χ0v) is 17.1. The number of nitrogens with one attached hydrogen (secondary N) is 2. The Labute approximate surface area is 179 Å². The van der Waals surface area contributed by atoms with E-state index in [4.69, 9.17) is 0 Å². The molecule has 13 heteroatoms. The first-order valence-electron chi connectivity index (χ1n) is 9.38. The molecule has 172 valence electrons. The lowest BCUT2D eigenvalue weighted by Gasteiger charge is -2.40. The molecule has 1 aliphatic heterocycles. The molecule has 3 aromatic rings. The number of rotatable bonds is 5. The number of hydrogen-bond donors (Lipinski definition) is 3. The Balaban J connectivity index is 1.60. The van der Waals surface area contributed by atoms with Crippen LogP contribution in [-0.2, 0) is 0 Å². The van der Waals surface area contributed by atoms with Crippen LogP contribution in [0.3, 0.4) is 0 Å². The number of carbonyl (C=O) groups excluding carboxylic acids is 1. The second kappa shape index (κ2) is 6.90. The van der Waals surface area contributed by atoms with Crippen molar-refractivity contribution in [1.29, 1.82) is 0 Å². The number of anilines is 2. The molecule has 1 fully saturated rings. The highest BCUT2D eigenvalue weighted by atomic mass is 32.5. The van der Waals surface area contributed by atoms with E-state index in [-0.39, 0.29) is 23.4 Å². The Kier molecular flexibility index (Phi) is 4.75. The molecular formula is C19H18F5N5O2S. The standard InChI is InChI=1S/C19H18F5N5O2S/c20-32(21,22,23,24)15-3-1-13(2-4-15)27-19(31)12-9-16(17-5-7-26-28-17)18(25-10-12)29-8-6-14(30)11-29/h1-5,7,9-10,14,30H,6,8,11H2,(H,26,28)(H,27,31). The number of aromatic amines is 1. The van der Waals surface area contributed by atoms with E-state index in [1.165, 1.54) is 18.5 Å². The van der Waals surface area contributed by atoms with Crippen molar-refractivity contribution in [3.05, 3.63) is 54.4 Å². The minimum Gasteiger partial charge on any atom is -0.391 e. The molecule has 3 N–H and O–H groups in total. The maximum absolute atomic E-state index is 12.9. The summed E-state index contributed by atoms with van der Waals surface area (Å²) in [4.78, 5) is 16.8. The fourth-order valence-corrected chi connectivity index (χ4v) is 4.02. The summed E-state index contributed by atoms with van der Waals surface area (Å²) in [5.74, 6) is -0.158. The first-order chi connectivity index (χ1) is 14.8. The van der Waals surface area contributed by atoms with Crippen molar-refractivity contribution in [2.45, 2.75) is 17.4 Å². The van der Waals surface area contributed by atoms with Crippen molar-refractivity contribution in [2.75, 3.05) is 23.3 Å². The van der Waals surface area contributed by atoms with E-state index in [2.05, 4.69) is 20.5 Å². The average molecular weight is 475 g/mol. The number of amides is 1. The molecule has 1 aromatic carbocycles. The SMILES string of the molecule is O=C(Nc1ccc(S(F)(F)(F)(F)F)cc1)c1cnc(N2CCC(O)C2)c(-c2ccn[nH]2)c1. The van der Waals surface area contributed by atoms with E-state index >= 15 is 0 Å². The van der Waals surface area contributed by atoms with Gasteiger partial charge in [-0.1, -0.05) is 19.4 Å². The number of pyridine rings is 1. The van der Waals surface area contributed by atoms with Gasteiger partial charge in [-0.15, -0.1) is 0 Å². The quantitative estimate of drug-likeness (QED) is 0.454. The number of H-pyrrole nitrogens is 1. The summed E-state index contributed by atoms with van der Waals surface area (Å²) >= 11 is 0. The third-order valence-electron chi connectivity index (χ3n) is 4.94. The van der Waals surface area contributed by atoms with E-state index in [9.17, 15) is 29.3 Å². The summed E-state index contributed by atoms with van der Waals surface area (Å²) in [6.07, 6.45) is 2.88. The molecule has 1 saturated heterocycles. The van der Waals surface area contributed by atoms with Gasteiger partial charge in [0, 0.05) is 36.7 Å². The predicted molar refractivity (Wildman–Crippen MR) is 110 cm³/mol. The molecular weight excluding hydrogens is 457 g/mol. The summed E-state index contributed by atoms with van der Waals surface area (Å²) in [6.45, 7) is 0.942. The number of aliphatic hydroxyl groups is 1. The van der Waals surface area contributed by atoms with Crippen molar-refractivity contribution < 1.29 is 29.3 Å². The highest BCUT2D eigenvalue weighted by Gasteiger charge is 2.65. The molecule has 0 radical (unpaired) electrons. The van der Waals surface area contributed by atoms with Crippen molar-refractivity contribution in [2.24, 2.45) is 0 Å². The molecule has 1 aliphatic rings. The van der Waals surface area contributed by atoms with Gasteiger partial charge in [-0.25, -0.2) is 4.98 Å². The summed E-state index contributed by atoms with van der Waals surface area (Å²) in [6, 6.07) is 5.18. The summed E-state index contributed by atoms with van der Waals surface area (Å²) in [5.41, 5.74) is 1.12. The third-order valence-corrected chi connectivity index (χ3v) is 6.10. The van der Waals surface area contributed by atoms with Crippen LogP contribution in [-0.4, -0.2) is 45.4 Å². The molecule has 7 nitrogen and oxygen atoms in total. The highest BCUT2D eigenvalue weighted by Crippen LogP contribution is 3.02. The van der Waals surface area contributed by atoms with Gasteiger partial charge in [-0.3, -0.25) is 9.89 Å². The summed E-state index contributed by atoms with van der Waals surface area (Å²) in [5, 5.41) is 18.9. The Morgan fingerprint density at radius 3 is 2.44 bits per heavy atom. The second-order valence-electron chi connectivity index (χ2n) is 7.40. The Bertz CT molecular complexity index is 1150.